The second-order valence-electron chi connectivity index (χ2n) is 3.07. The van der Waals surface area contributed by atoms with Crippen LogP contribution in [0.1, 0.15) is 5.89 Å². The van der Waals surface area contributed by atoms with Gasteiger partial charge in [-0.15, -0.1) is 0 Å². The van der Waals surface area contributed by atoms with Crippen LogP contribution in [0.5, 0.6) is 6.01 Å². The van der Waals surface area contributed by atoms with Crippen molar-refractivity contribution in [3.63, 3.8) is 0 Å². The minimum Gasteiger partial charge on any atom is -0.467 e. The van der Waals surface area contributed by atoms with Gasteiger partial charge in [0.1, 0.15) is 5.02 Å². The molecule has 7 nitrogen and oxygen atoms in total. The third kappa shape index (κ3) is 3.04. The molecule has 2 rings (SSSR count). The molecule has 0 fully saturated rings. The summed E-state index contributed by atoms with van der Waals surface area (Å²) in [5, 5.41) is 6.97. The van der Waals surface area contributed by atoms with Crippen LogP contribution < -0.4 is 10.1 Å². The molecule has 0 aliphatic heterocycles. The predicted octanol–water partition coefficient (Wildman–Crippen LogP) is 1.18. The van der Waals surface area contributed by atoms with Crippen LogP contribution in [0.2, 0.25) is 5.02 Å². The molecule has 0 aliphatic carbocycles. The summed E-state index contributed by atoms with van der Waals surface area (Å²) in [4.78, 5) is 11.8. The number of ether oxygens (including phenoxy) is 1. The molecule has 0 aromatic carbocycles. The van der Waals surface area contributed by atoms with Crippen LogP contribution in [0.15, 0.2) is 17.0 Å². The zero-order chi connectivity index (χ0) is 12.1. The van der Waals surface area contributed by atoms with Gasteiger partial charge in [-0.3, -0.25) is 0 Å². The summed E-state index contributed by atoms with van der Waals surface area (Å²) in [5.74, 6) is 1.06. The van der Waals surface area contributed by atoms with Crippen molar-refractivity contribution < 1.29 is 9.26 Å². The third-order valence-corrected chi connectivity index (χ3v) is 2.22. The number of rotatable bonds is 5. The van der Waals surface area contributed by atoms with Crippen molar-refractivity contribution in [2.75, 3.05) is 19.0 Å². The molecule has 0 bridgehead atoms. The fraction of sp³-hybridized carbons (Fsp3) is 0.333. The Bertz CT molecular complexity index is 476. The number of halogens is 1. The highest BCUT2D eigenvalue weighted by Crippen LogP contribution is 2.19. The highest BCUT2D eigenvalue weighted by atomic mass is 35.5. The molecule has 0 aliphatic rings. The summed E-state index contributed by atoms with van der Waals surface area (Å²) in [6.45, 7) is 0.572. The number of methoxy groups -OCH3 is 1. The molecular formula is C9H10ClN5O2. The van der Waals surface area contributed by atoms with Crippen LogP contribution in [0.4, 0.5) is 5.82 Å². The average Bonchev–Trinajstić information content (AvgIpc) is 2.84. The van der Waals surface area contributed by atoms with E-state index < -0.39 is 0 Å². The fourth-order valence-electron chi connectivity index (χ4n) is 1.17. The van der Waals surface area contributed by atoms with E-state index in [1.54, 1.807) is 0 Å². The molecule has 0 saturated carbocycles. The highest BCUT2D eigenvalue weighted by Gasteiger charge is 2.06. The summed E-state index contributed by atoms with van der Waals surface area (Å²) in [7, 11) is 1.49. The van der Waals surface area contributed by atoms with Crippen LogP contribution in [0, 0.1) is 0 Å². The Balaban J connectivity index is 1.94. The molecule has 2 aromatic heterocycles. The molecule has 2 heterocycles. The van der Waals surface area contributed by atoms with Crippen LogP contribution in [0.25, 0.3) is 0 Å². The van der Waals surface area contributed by atoms with Gasteiger partial charge in [0.25, 0.3) is 0 Å². The van der Waals surface area contributed by atoms with Gasteiger partial charge in [-0.05, 0) is 0 Å². The molecule has 17 heavy (non-hydrogen) atoms. The van der Waals surface area contributed by atoms with E-state index >= 15 is 0 Å². The maximum atomic E-state index is 5.92. The van der Waals surface area contributed by atoms with E-state index in [4.69, 9.17) is 20.9 Å². The molecule has 0 spiro atoms. The van der Waals surface area contributed by atoms with Gasteiger partial charge in [0, 0.05) is 13.0 Å². The molecule has 8 heteroatoms. The molecule has 2 aromatic rings. The minimum atomic E-state index is 0.259. The maximum Gasteiger partial charge on any atom is 0.318 e. The molecule has 0 radical (unpaired) electrons. The largest absolute Gasteiger partial charge is 0.467 e. The highest BCUT2D eigenvalue weighted by molar-refractivity contribution is 6.32. The summed E-state index contributed by atoms with van der Waals surface area (Å²) >= 11 is 5.92. The lowest BCUT2D eigenvalue weighted by Crippen LogP contribution is -2.08. The first-order valence-corrected chi connectivity index (χ1v) is 5.23. The number of nitrogens with zero attached hydrogens (tertiary/aromatic N) is 4. The molecule has 1 N–H and O–H groups in total. The average molecular weight is 256 g/mol. The van der Waals surface area contributed by atoms with E-state index in [0.717, 1.165) is 0 Å². The fourth-order valence-corrected chi connectivity index (χ4v) is 1.33. The van der Waals surface area contributed by atoms with Crippen molar-refractivity contribution in [2.24, 2.45) is 0 Å². The van der Waals surface area contributed by atoms with E-state index in [1.807, 2.05) is 0 Å². The van der Waals surface area contributed by atoms with Crippen LogP contribution >= 0.6 is 11.6 Å². The van der Waals surface area contributed by atoms with Crippen molar-refractivity contribution >= 4 is 17.4 Å². The van der Waals surface area contributed by atoms with E-state index in [2.05, 4.69) is 25.4 Å². The van der Waals surface area contributed by atoms with Crippen LogP contribution in [0.3, 0.4) is 0 Å². The zero-order valence-electron chi connectivity index (χ0n) is 9.05. The second kappa shape index (κ2) is 5.44. The van der Waals surface area contributed by atoms with Gasteiger partial charge in [-0.2, -0.15) is 9.97 Å². The van der Waals surface area contributed by atoms with Crippen molar-refractivity contribution in [3.8, 4) is 6.01 Å². The Labute approximate surface area is 102 Å². The first-order chi connectivity index (χ1) is 8.29. The van der Waals surface area contributed by atoms with Crippen molar-refractivity contribution in [3.05, 3.63) is 23.4 Å². The van der Waals surface area contributed by atoms with E-state index in [0.29, 0.717) is 29.7 Å². The lowest BCUT2D eigenvalue weighted by atomic mass is 10.4. The Morgan fingerprint density at radius 3 is 3.06 bits per heavy atom. The standard InChI is InChI=1S/C9H10ClN5O2/c1-16-9-12-4-6(10)8(15-9)11-3-2-7-13-5-14-17-7/h4-5H,2-3H2,1H3,(H,11,12,15). The summed E-state index contributed by atoms with van der Waals surface area (Å²) in [6, 6.07) is 0.259. The Kier molecular flexibility index (Phi) is 3.71. The van der Waals surface area contributed by atoms with Crippen LogP contribution in [-0.4, -0.2) is 33.8 Å². The predicted molar refractivity (Wildman–Crippen MR) is 60.1 cm³/mol. The van der Waals surface area contributed by atoms with Crippen LogP contribution in [-0.2, 0) is 6.42 Å². The van der Waals surface area contributed by atoms with Gasteiger partial charge in [0.05, 0.1) is 13.3 Å². The molecule has 0 amide bonds. The number of hydrogen-bond donors (Lipinski definition) is 1. The monoisotopic (exact) mass is 255 g/mol. The Hall–Kier alpha value is -1.89. The third-order valence-electron chi connectivity index (χ3n) is 1.94. The van der Waals surface area contributed by atoms with Gasteiger partial charge >= 0.3 is 6.01 Å². The smallest absolute Gasteiger partial charge is 0.318 e. The SMILES string of the molecule is COc1ncc(Cl)c(NCCc2ncno2)n1. The van der Waals surface area contributed by atoms with Gasteiger partial charge in [-0.1, -0.05) is 16.8 Å². The molecule has 0 saturated heterocycles. The van der Waals surface area contributed by atoms with E-state index in [9.17, 15) is 0 Å². The van der Waals surface area contributed by atoms with E-state index in [-0.39, 0.29) is 6.01 Å². The van der Waals surface area contributed by atoms with Gasteiger partial charge < -0.3 is 14.6 Å². The summed E-state index contributed by atoms with van der Waals surface area (Å²) in [5.41, 5.74) is 0. The lowest BCUT2D eigenvalue weighted by Gasteiger charge is -2.06. The zero-order valence-corrected chi connectivity index (χ0v) is 9.81. The molecular weight excluding hydrogens is 246 g/mol. The van der Waals surface area contributed by atoms with Gasteiger partial charge in [-0.25, -0.2) is 4.98 Å². The molecule has 0 unspecified atom stereocenters. The number of aromatic nitrogens is 4. The molecule has 90 valence electrons. The second-order valence-corrected chi connectivity index (χ2v) is 3.47. The van der Waals surface area contributed by atoms with Crippen molar-refractivity contribution in [1.29, 1.82) is 0 Å². The Morgan fingerprint density at radius 1 is 1.47 bits per heavy atom. The normalized spacial score (nSPS) is 10.2. The van der Waals surface area contributed by atoms with Crippen molar-refractivity contribution in [2.45, 2.75) is 6.42 Å². The summed E-state index contributed by atoms with van der Waals surface area (Å²) in [6.07, 6.45) is 3.42. The number of hydrogen-bond acceptors (Lipinski definition) is 7. The van der Waals surface area contributed by atoms with E-state index in [1.165, 1.54) is 19.6 Å². The quantitative estimate of drug-likeness (QED) is 0.858. The van der Waals surface area contributed by atoms with Crippen molar-refractivity contribution in [1.82, 2.24) is 20.1 Å². The molecule has 0 atom stereocenters. The lowest BCUT2D eigenvalue weighted by molar-refractivity contribution is 0.378. The summed E-state index contributed by atoms with van der Waals surface area (Å²) < 4.78 is 9.76. The maximum absolute atomic E-state index is 5.92. The first-order valence-electron chi connectivity index (χ1n) is 4.85. The number of anilines is 1. The minimum absolute atomic E-state index is 0.259. The Morgan fingerprint density at radius 2 is 2.35 bits per heavy atom. The number of nitrogens with one attached hydrogen (secondary N) is 1. The van der Waals surface area contributed by atoms with Gasteiger partial charge in [0.15, 0.2) is 12.1 Å². The van der Waals surface area contributed by atoms with Gasteiger partial charge in [0.2, 0.25) is 5.89 Å². The first kappa shape index (κ1) is 11.6. The topological polar surface area (TPSA) is 86.0 Å².